The summed E-state index contributed by atoms with van der Waals surface area (Å²) in [7, 11) is 0. The van der Waals surface area contributed by atoms with Crippen LogP contribution in [0.15, 0.2) is 30.3 Å². The highest BCUT2D eigenvalue weighted by Gasteiger charge is 2.30. The summed E-state index contributed by atoms with van der Waals surface area (Å²) in [6.45, 7) is 0. The highest BCUT2D eigenvalue weighted by Crippen LogP contribution is 2.25. The summed E-state index contributed by atoms with van der Waals surface area (Å²) < 4.78 is 5.46. The summed E-state index contributed by atoms with van der Waals surface area (Å²) in [6, 6.07) is 9.32. The average molecular weight is 238 g/mol. The second kappa shape index (κ2) is 4.77. The molecule has 0 radical (unpaired) electrons. The van der Waals surface area contributed by atoms with Gasteiger partial charge in [0.25, 0.3) is 0 Å². The van der Waals surface area contributed by atoms with Crippen LogP contribution in [0, 0.1) is 0 Å². The number of ketones is 1. The Morgan fingerprint density at radius 1 is 1.40 bits per heavy atom. The lowest BCUT2D eigenvalue weighted by Gasteiger charge is -2.10. The van der Waals surface area contributed by atoms with Crippen molar-refractivity contribution < 1.29 is 9.53 Å². The second-order valence-electron chi connectivity index (χ2n) is 3.20. The van der Waals surface area contributed by atoms with E-state index in [9.17, 15) is 4.79 Å². The molecule has 0 spiro atoms. The molecule has 1 aliphatic heterocycles. The number of para-hydroxylation sites is 1. The van der Waals surface area contributed by atoms with E-state index in [-0.39, 0.29) is 11.0 Å². The molecule has 0 saturated carbocycles. The first-order valence-electron chi connectivity index (χ1n) is 4.68. The average Bonchev–Trinajstić information content (AvgIpc) is 2.66. The highest BCUT2D eigenvalue weighted by molar-refractivity contribution is 8.03. The van der Waals surface area contributed by atoms with Crippen LogP contribution in [-0.4, -0.2) is 21.8 Å². The first-order valence-corrected chi connectivity index (χ1v) is 6.14. The van der Waals surface area contributed by atoms with Crippen molar-refractivity contribution in [1.82, 2.24) is 0 Å². The number of ether oxygens (including phenoxy) is 1. The molecule has 0 N–H and O–H groups in total. The van der Waals surface area contributed by atoms with Crippen LogP contribution in [0.1, 0.15) is 6.42 Å². The molecule has 15 heavy (non-hydrogen) atoms. The van der Waals surface area contributed by atoms with Gasteiger partial charge in [-0.15, -0.1) is 11.8 Å². The molecule has 78 valence electrons. The van der Waals surface area contributed by atoms with Crippen molar-refractivity contribution in [1.29, 1.82) is 0 Å². The summed E-state index contributed by atoms with van der Waals surface area (Å²) in [6.07, 6.45) is 0.605. The van der Waals surface area contributed by atoms with Crippen LogP contribution >= 0.6 is 24.0 Å². The van der Waals surface area contributed by atoms with Crippen LogP contribution in [0.4, 0.5) is 0 Å². The van der Waals surface area contributed by atoms with E-state index >= 15 is 0 Å². The van der Waals surface area contributed by atoms with E-state index < -0.39 is 0 Å². The van der Waals surface area contributed by atoms with Gasteiger partial charge in [-0.3, -0.25) is 4.79 Å². The van der Waals surface area contributed by atoms with E-state index in [4.69, 9.17) is 17.0 Å². The van der Waals surface area contributed by atoms with Crippen molar-refractivity contribution >= 4 is 34.8 Å². The van der Waals surface area contributed by atoms with Crippen molar-refractivity contribution in [3.05, 3.63) is 30.3 Å². The van der Waals surface area contributed by atoms with Crippen molar-refractivity contribution in [2.24, 2.45) is 0 Å². The lowest BCUT2D eigenvalue weighted by atomic mass is 10.2. The summed E-state index contributed by atoms with van der Waals surface area (Å²) >= 11 is 6.67. The number of hydrogen-bond donors (Lipinski definition) is 0. The van der Waals surface area contributed by atoms with Crippen LogP contribution in [0.5, 0.6) is 5.75 Å². The van der Waals surface area contributed by atoms with Gasteiger partial charge in [-0.1, -0.05) is 18.2 Å². The number of benzene rings is 1. The summed E-state index contributed by atoms with van der Waals surface area (Å²) in [4.78, 5) is 11.4. The first kappa shape index (κ1) is 10.6. The predicted octanol–water partition coefficient (Wildman–Crippen LogP) is 2.47. The standard InChI is InChI=1S/C11H10O2S2/c12-9-6-7-15-10(9)11(14)13-8-4-2-1-3-5-8/h1-5,10H,6-7H2. The summed E-state index contributed by atoms with van der Waals surface area (Å²) in [5.41, 5.74) is 0. The van der Waals surface area contributed by atoms with Gasteiger partial charge < -0.3 is 4.74 Å². The Labute approximate surface area is 98.0 Å². The monoisotopic (exact) mass is 238 g/mol. The van der Waals surface area contributed by atoms with Crippen LogP contribution < -0.4 is 4.74 Å². The largest absolute Gasteiger partial charge is 0.449 e. The molecule has 1 aliphatic rings. The van der Waals surface area contributed by atoms with E-state index in [1.165, 1.54) is 0 Å². The fraction of sp³-hybridized carbons (Fsp3) is 0.273. The fourth-order valence-corrected chi connectivity index (χ4v) is 2.83. The number of Topliss-reactive ketones (excluding diaryl/α,β-unsaturated/α-hetero) is 1. The number of carbonyl (C=O) groups is 1. The van der Waals surface area contributed by atoms with Gasteiger partial charge in [-0.2, -0.15) is 0 Å². The van der Waals surface area contributed by atoms with Gasteiger partial charge in [-0.25, -0.2) is 0 Å². The maximum atomic E-state index is 11.4. The van der Waals surface area contributed by atoms with Crippen LogP contribution in [-0.2, 0) is 4.79 Å². The fourth-order valence-electron chi connectivity index (χ4n) is 1.36. The third-order valence-corrected chi connectivity index (χ3v) is 3.82. The lowest BCUT2D eigenvalue weighted by molar-refractivity contribution is -0.116. The second-order valence-corrected chi connectivity index (χ2v) is 4.82. The molecule has 1 saturated heterocycles. The van der Waals surface area contributed by atoms with Crippen LogP contribution in [0.3, 0.4) is 0 Å². The van der Waals surface area contributed by atoms with Crippen molar-refractivity contribution in [2.45, 2.75) is 11.7 Å². The zero-order chi connectivity index (χ0) is 10.7. The molecule has 1 unspecified atom stereocenters. The van der Waals surface area contributed by atoms with Crippen molar-refractivity contribution in [3.8, 4) is 5.75 Å². The van der Waals surface area contributed by atoms with Gasteiger partial charge in [0, 0.05) is 12.2 Å². The van der Waals surface area contributed by atoms with E-state index in [1.807, 2.05) is 30.3 Å². The Balaban J connectivity index is 2.01. The number of carbonyl (C=O) groups excluding carboxylic acids is 1. The Bertz CT molecular complexity index is 375. The Morgan fingerprint density at radius 2 is 2.13 bits per heavy atom. The van der Waals surface area contributed by atoms with E-state index in [0.717, 1.165) is 5.75 Å². The quantitative estimate of drug-likeness (QED) is 0.739. The number of hydrogen-bond acceptors (Lipinski definition) is 4. The molecule has 2 nitrogen and oxygen atoms in total. The third-order valence-electron chi connectivity index (χ3n) is 2.10. The molecule has 1 aromatic carbocycles. The minimum atomic E-state index is -0.250. The van der Waals surface area contributed by atoms with E-state index in [0.29, 0.717) is 17.2 Å². The molecular formula is C11H10O2S2. The zero-order valence-electron chi connectivity index (χ0n) is 8.01. The highest BCUT2D eigenvalue weighted by atomic mass is 32.2. The van der Waals surface area contributed by atoms with Gasteiger partial charge >= 0.3 is 0 Å². The van der Waals surface area contributed by atoms with Crippen LogP contribution in [0.25, 0.3) is 0 Å². The smallest absolute Gasteiger partial charge is 0.187 e. The molecule has 1 heterocycles. The molecular weight excluding hydrogens is 228 g/mol. The van der Waals surface area contributed by atoms with Gasteiger partial charge in [0.2, 0.25) is 0 Å². The number of rotatable bonds is 2. The molecule has 0 aromatic heterocycles. The molecule has 0 aliphatic carbocycles. The molecule has 1 atom stereocenters. The molecule has 2 rings (SSSR count). The molecule has 4 heteroatoms. The van der Waals surface area contributed by atoms with E-state index in [2.05, 4.69) is 0 Å². The zero-order valence-corrected chi connectivity index (χ0v) is 9.64. The van der Waals surface area contributed by atoms with Gasteiger partial charge in [0.15, 0.2) is 10.8 Å². The maximum absolute atomic E-state index is 11.4. The number of thioether (sulfide) groups is 1. The Morgan fingerprint density at radius 3 is 2.73 bits per heavy atom. The SMILES string of the molecule is O=C1CCSC1C(=S)Oc1ccccc1. The van der Waals surface area contributed by atoms with Gasteiger partial charge in [-0.05, 0) is 24.4 Å². The molecule has 1 aromatic rings. The van der Waals surface area contributed by atoms with Crippen molar-refractivity contribution in [2.75, 3.05) is 5.75 Å². The van der Waals surface area contributed by atoms with Crippen molar-refractivity contribution in [3.63, 3.8) is 0 Å². The Kier molecular flexibility index (Phi) is 3.38. The summed E-state index contributed by atoms with van der Waals surface area (Å²) in [5.74, 6) is 1.73. The van der Waals surface area contributed by atoms with Gasteiger partial charge in [0.1, 0.15) is 11.0 Å². The first-order chi connectivity index (χ1) is 7.27. The minimum Gasteiger partial charge on any atom is -0.449 e. The normalized spacial score (nSPS) is 20.3. The lowest BCUT2D eigenvalue weighted by Crippen LogP contribution is -2.25. The number of thiocarbonyl (C=S) groups is 1. The molecule has 0 amide bonds. The summed E-state index contributed by atoms with van der Waals surface area (Å²) in [5, 5.41) is 0.133. The van der Waals surface area contributed by atoms with Gasteiger partial charge in [0.05, 0.1) is 0 Å². The van der Waals surface area contributed by atoms with E-state index in [1.54, 1.807) is 11.8 Å². The third kappa shape index (κ3) is 2.58. The molecule has 1 fully saturated rings. The molecule has 0 bridgehead atoms. The topological polar surface area (TPSA) is 26.3 Å². The Hall–Kier alpha value is -0.870. The predicted molar refractivity (Wildman–Crippen MR) is 65.5 cm³/mol. The van der Waals surface area contributed by atoms with Crippen LogP contribution in [0.2, 0.25) is 0 Å². The minimum absolute atomic E-state index is 0.181. The maximum Gasteiger partial charge on any atom is 0.187 e.